The van der Waals surface area contributed by atoms with Crippen molar-refractivity contribution in [3.8, 4) is 11.1 Å². The molecule has 0 heterocycles. The minimum absolute atomic E-state index is 0.280. The molecule has 0 saturated carbocycles. The minimum Gasteiger partial charge on any atom is -0.308 e. The summed E-state index contributed by atoms with van der Waals surface area (Å²) in [6.07, 6.45) is 0. The van der Waals surface area contributed by atoms with Crippen molar-refractivity contribution in [2.24, 2.45) is 0 Å². The van der Waals surface area contributed by atoms with Gasteiger partial charge in [0, 0.05) is 0 Å². The van der Waals surface area contributed by atoms with E-state index in [2.05, 4.69) is 12.1 Å². The Hall–Kier alpha value is -1.41. The highest BCUT2D eigenvalue weighted by Crippen LogP contribution is 2.60. The number of rotatable bonds is 7. The molecule has 1 atom stereocenters. The lowest BCUT2D eigenvalue weighted by atomic mass is 10.0. The highest BCUT2D eigenvalue weighted by atomic mass is 31.2. The van der Waals surface area contributed by atoms with Crippen molar-refractivity contribution in [2.75, 3.05) is 13.2 Å². The Morgan fingerprint density at radius 1 is 0.864 bits per heavy atom. The highest BCUT2D eigenvalue weighted by Gasteiger charge is 2.32. The first-order valence-corrected chi connectivity index (χ1v) is 9.26. The molecule has 0 unspecified atom stereocenters. The van der Waals surface area contributed by atoms with Crippen molar-refractivity contribution in [3.63, 3.8) is 0 Å². The van der Waals surface area contributed by atoms with Crippen LogP contribution in [0, 0.1) is 0 Å². The molecule has 0 aliphatic rings. The van der Waals surface area contributed by atoms with Crippen molar-refractivity contribution < 1.29 is 13.6 Å². The third-order valence-corrected chi connectivity index (χ3v) is 6.08. The molecule has 0 aliphatic carbocycles. The SMILES string of the molecule is CCOP(=O)(OCC)[C@@H](C)c1ccc(-c2ccccc2)cc1. The molecular weight excluding hydrogens is 295 g/mol. The van der Waals surface area contributed by atoms with Gasteiger partial charge in [-0.25, -0.2) is 0 Å². The Morgan fingerprint density at radius 2 is 1.36 bits per heavy atom. The molecule has 2 rings (SSSR count). The first-order chi connectivity index (χ1) is 10.6. The van der Waals surface area contributed by atoms with E-state index in [1.807, 2.05) is 63.2 Å². The summed E-state index contributed by atoms with van der Waals surface area (Å²) in [7, 11) is -3.12. The third-order valence-electron chi connectivity index (χ3n) is 3.59. The first-order valence-electron chi connectivity index (χ1n) is 7.65. The van der Waals surface area contributed by atoms with Gasteiger partial charge in [-0.2, -0.15) is 0 Å². The maximum absolute atomic E-state index is 12.8. The van der Waals surface area contributed by atoms with E-state index in [4.69, 9.17) is 9.05 Å². The normalized spacial score (nSPS) is 13.0. The van der Waals surface area contributed by atoms with Crippen LogP contribution in [0.1, 0.15) is 32.0 Å². The lowest BCUT2D eigenvalue weighted by Crippen LogP contribution is -2.03. The molecule has 0 spiro atoms. The summed E-state index contributed by atoms with van der Waals surface area (Å²) in [4.78, 5) is 0. The summed E-state index contributed by atoms with van der Waals surface area (Å²) < 4.78 is 23.7. The van der Waals surface area contributed by atoms with Crippen LogP contribution in [0.3, 0.4) is 0 Å². The predicted molar refractivity (Wildman–Crippen MR) is 91.2 cm³/mol. The summed E-state index contributed by atoms with van der Waals surface area (Å²) in [5.41, 5.74) is 2.99. The van der Waals surface area contributed by atoms with Crippen LogP contribution in [0.4, 0.5) is 0 Å². The molecule has 2 aromatic rings. The van der Waals surface area contributed by atoms with E-state index in [0.717, 1.165) is 11.1 Å². The molecule has 0 radical (unpaired) electrons. The van der Waals surface area contributed by atoms with Crippen LogP contribution in [-0.4, -0.2) is 13.2 Å². The van der Waals surface area contributed by atoms with E-state index in [9.17, 15) is 4.57 Å². The number of benzene rings is 2. The average molecular weight is 318 g/mol. The van der Waals surface area contributed by atoms with Crippen LogP contribution in [0.15, 0.2) is 54.6 Å². The van der Waals surface area contributed by atoms with Crippen LogP contribution >= 0.6 is 7.60 Å². The Bertz CT molecular complexity index is 613. The van der Waals surface area contributed by atoms with E-state index in [0.29, 0.717) is 13.2 Å². The molecule has 3 nitrogen and oxygen atoms in total. The Kier molecular flexibility index (Phi) is 5.96. The summed E-state index contributed by atoms with van der Waals surface area (Å²) in [5, 5.41) is 0. The first kappa shape index (κ1) is 17.0. The zero-order valence-corrected chi connectivity index (χ0v) is 14.3. The average Bonchev–Trinajstić information content (AvgIpc) is 2.55. The Balaban J connectivity index is 2.24. The zero-order chi connectivity index (χ0) is 16.0. The second kappa shape index (κ2) is 7.73. The predicted octanol–water partition coefficient (Wildman–Crippen LogP) is 5.68. The minimum atomic E-state index is -3.12. The highest BCUT2D eigenvalue weighted by molar-refractivity contribution is 7.54. The van der Waals surface area contributed by atoms with Crippen molar-refractivity contribution in [1.82, 2.24) is 0 Å². The largest absolute Gasteiger partial charge is 0.337 e. The van der Waals surface area contributed by atoms with Gasteiger partial charge in [-0.05, 0) is 37.5 Å². The molecule has 0 bridgehead atoms. The molecular formula is C18H23O3P. The lowest BCUT2D eigenvalue weighted by molar-refractivity contribution is 0.213. The maximum atomic E-state index is 12.8. The van der Waals surface area contributed by atoms with Gasteiger partial charge in [0.2, 0.25) is 0 Å². The van der Waals surface area contributed by atoms with Gasteiger partial charge in [0.15, 0.2) is 0 Å². The lowest BCUT2D eigenvalue weighted by Gasteiger charge is -2.23. The van der Waals surface area contributed by atoms with Crippen LogP contribution < -0.4 is 0 Å². The second-order valence-corrected chi connectivity index (χ2v) is 7.41. The Morgan fingerprint density at radius 3 is 1.86 bits per heavy atom. The number of hydrogen-bond donors (Lipinski definition) is 0. The monoisotopic (exact) mass is 318 g/mol. The fourth-order valence-corrected chi connectivity index (χ4v) is 4.17. The molecule has 0 fully saturated rings. The number of hydrogen-bond acceptors (Lipinski definition) is 3. The molecule has 118 valence electrons. The van der Waals surface area contributed by atoms with E-state index < -0.39 is 7.60 Å². The fourth-order valence-electron chi connectivity index (χ4n) is 2.39. The maximum Gasteiger partial charge on any atom is 0.337 e. The third kappa shape index (κ3) is 3.86. The van der Waals surface area contributed by atoms with Crippen LogP contribution in [0.2, 0.25) is 0 Å². The van der Waals surface area contributed by atoms with Crippen LogP contribution in [0.5, 0.6) is 0 Å². The van der Waals surface area contributed by atoms with Crippen LogP contribution in [-0.2, 0) is 13.6 Å². The van der Waals surface area contributed by atoms with E-state index in [1.54, 1.807) is 0 Å². The van der Waals surface area contributed by atoms with Crippen molar-refractivity contribution >= 4 is 7.60 Å². The van der Waals surface area contributed by atoms with E-state index in [1.165, 1.54) is 5.56 Å². The smallest absolute Gasteiger partial charge is 0.308 e. The molecule has 0 aromatic heterocycles. The molecule has 0 aliphatic heterocycles. The van der Waals surface area contributed by atoms with Gasteiger partial charge in [-0.3, -0.25) is 4.57 Å². The summed E-state index contributed by atoms with van der Waals surface area (Å²) in [6.45, 7) is 6.31. The van der Waals surface area contributed by atoms with Gasteiger partial charge < -0.3 is 9.05 Å². The van der Waals surface area contributed by atoms with Gasteiger partial charge in [0.1, 0.15) is 0 Å². The standard InChI is InChI=1S/C18H23O3P/c1-4-20-22(19,21-5-2)15(3)16-11-13-18(14-12-16)17-9-7-6-8-10-17/h6-15H,4-5H2,1-3H3/t15-/m0/s1. The van der Waals surface area contributed by atoms with Gasteiger partial charge in [-0.15, -0.1) is 0 Å². The quantitative estimate of drug-likeness (QED) is 0.616. The van der Waals surface area contributed by atoms with Crippen molar-refractivity contribution in [1.29, 1.82) is 0 Å². The summed E-state index contributed by atoms with van der Waals surface area (Å²) in [5.74, 6) is 0. The van der Waals surface area contributed by atoms with Crippen molar-refractivity contribution in [3.05, 3.63) is 60.2 Å². The van der Waals surface area contributed by atoms with Crippen molar-refractivity contribution in [2.45, 2.75) is 26.4 Å². The van der Waals surface area contributed by atoms with E-state index in [-0.39, 0.29) is 5.66 Å². The molecule has 22 heavy (non-hydrogen) atoms. The zero-order valence-electron chi connectivity index (χ0n) is 13.4. The van der Waals surface area contributed by atoms with Gasteiger partial charge in [-0.1, -0.05) is 54.6 Å². The fraction of sp³-hybridized carbons (Fsp3) is 0.333. The molecule has 2 aromatic carbocycles. The topological polar surface area (TPSA) is 35.5 Å². The van der Waals surface area contributed by atoms with Gasteiger partial charge in [0.25, 0.3) is 0 Å². The summed E-state index contributed by atoms with van der Waals surface area (Å²) >= 11 is 0. The second-order valence-electron chi connectivity index (χ2n) is 5.04. The van der Waals surface area contributed by atoms with E-state index >= 15 is 0 Å². The summed E-state index contributed by atoms with van der Waals surface area (Å²) in [6, 6.07) is 18.3. The molecule has 0 amide bonds. The molecule has 4 heteroatoms. The molecule has 0 saturated heterocycles. The van der Waals surface area contributed by atoms with Gasteiger partial charge >= 0.3 is 7.60 Å². The van der Waals surface area contributed by atoms with Gasteiger partial charge in [0.05, 0.1) is 18.9 Å². The Labute approximate surface area is 132 Å². The molecule has 0 N–H and O–H groups in total. The van der Waals surface area contributed by atoms with Crippen LogP contribution in [0.25, 0.3) is 11.1 Å².